The van der Waals surface area contributed by atoms with Crippen LogP contribution in [0, 0.1) is 5.41 Å². The van der Waals surface area contributed by atoms with Crippen LogP contribution in [0.2, 0.25) is 0 Å². The lowest BCUT2D eigenvalue weighted by atomic mass is 9.77. The molecule has 1 fully saturated rings. The average molecular weight is 347 g/mol. The second kappa shape index (κ2) is 5.47. The fourth-order valence-electron chi connectivity index (χ4n) is 3.69. The predicted octanol–water partition coefficient (Wildman–Crippen LogP) is 2.42. The number of amides is 1. The van der Waals surface area contributed by atoms with Crippen molar-refractivity contribution in [2.45, 2.75) is 39.2 Å². The van der Waals surface area contributed by atoms with Crippen LogP contribution in [-0.2, 0) is 17.6 Å². The van der Waals surface area contributed by atoms with Gasteiger partial charge in [0.2, 0.25) is 0 Å². The lowest BCUT2D eigenvalue weighted by molar-refractivity contribution is -0.0307. The maximum atomic E-state index is 12.1. The minimum Gasteiger partial charge on any atom is -0.478 e. The Morgan fingerprint density at radius 2 is 1.44 bits per heavy atom. The normalized spacial score (nSPS) is 17.8. The molecule has 1 aliphatic carbocycles. The molecule has 1 aromatic carbocycles. The van der Waals surface area contributed by atoms with Crippen molar-refractivity contribution in [2.75, 3.05) is 13.1 Å². The zero-order valence-electron chi connectivity index (χ0n) is 14.5. The van der Waals surface area contributed by atoms with Gasteiger partial charge in [0.15, 0.2) is 0 Å². The second-order valence-corrected chi connectivity index (χ2v) is 7.97. The Morgan fingerprint density at radius 3 is 1.80 bits per heavy atom. The van der Waals surface area contributed by atoms with Crippen LogP contribution in [0.5, 0.6) is 0 Å². The molecule has 1 aromatic rings. The van der Waals surface area contributed by atoms with Gasteiger partial charge >= 0.3 is 18.0 Å². The van der Waals surface area contributed by atoms with Crippen LogP contribution in [0.4, 0.5) is 4.79 Å². The molecule has 1 saturated heterocycles. The van der Waals surface area contributed by atoms with Crippen molar-refractivity contribution in [2.24, 2.45) is 5.41 Å². The van der Waals surface area contributed by atoms with E-state index in [1.165, 1.54) is 12.1 Å². The number of fused-ring (bicyclic) bond motifs is 1. The first-order valence-electron chi connectivity index (χ1n) is 8.10. The minimum absolute atomic E-state index is 0.147. The summed E-state index contributed by atoms with van der Waals surface area (Å²) in [6.45, 7) is 6.50. The van der Waals surface area contributed by atoms with Crippen molar-refractivity contribution in [3.8, 4) is 0 Å². The molecule has 2 N–H and O–H groups in total. The summed E-state index contributed by atoms with van der Waals surface area (Å²) in [6, 6.07) is 2.93. The summed E-state index contributed by atoms with van der Waals surface area (Å²) in [7, 11) is 0. The summed E-state index contributed by atoms with van der Waals surface area (Å²) in [6.07, 6.45) is 0.926. The second-order valence-electron chi connectivity index (χ2n) is 7.97. The highest BCUT2D eigenvalue weighted by atomic mass is 16.6. The number of nitrogens with zero attached hydrogens (tertiary/aromatic N) is 1. The third-order valence-corrected chi connectivity index (χ3v) is 4.64. The highest BCUT2D eigenvalue weighted by molar-refractivity contribution is 6.02. The van der Waals surface area contributed by atoms with E-state index in [1.807, 2.05) is 20.8 Å². The van der Waals surface area contributed by atoms with E-state index in [0.717, 1.165) is 11.1 Å². The molecule has 0 aromatic heterocycles. The zero-order valence-corrected chi connectivity index (χ0v) is 14.5. The first-order valence-corrected chi connectivity index (χ1v) is 8.10. The number of hydrogen-bond donors (Lipinski definition) is 2. The molecule has 134 valence electrons. The largest absolute Gasteiger partial charge is 0.478 e. The molecule has 1 heterocycles. The summed E-state index contributed by atoms with van der Waals surface area (Å²) in [5.41, 5.74) is 0.632. The molecule has 1 spiro atoms. The molecule has 1 amide bonds. The van der Waals surface area contributed by atoms with Crippen LogP contribution in [0.15, 0.2) is 12.1 Å². The van der Waals surface area contributed by atoms with Crippen molar-refractivity contribution >= 4 is 18.0 Å². The van der Waals surface area contributed by atoms with E-state index < -0.39 is 17.5 Å². The van der Waals surface area contributed by atoms with Crippen molar-refractivity contribution in [3.63, 3.8) is 0 Å². The first-order chi connectivity index (χ1) is 11.5. The molecule has 25 heavy (non-hydrogen) atoms. The summed E-state index contributed by atoms with van der Waals surface area (Å²) >= 11 is 0. The van der Waals surface area contributed by atoms with E-state index in [9.17, 15) is 24.6 Å². The van der Waals surface area contributed by atoms with Gasteiger partial charge in [-0.2, -0.15) is 0 Å². The highest BCUT2D eigenvalue weighted by Gasteiger charge is 2.50. The number of rotatable bonds is 2. The fraction of sp³-hybridized carbons (Fsp3) is 0.500. The standard InChI is InChI=1S/C18H21NO6/c1-17(2,3)25-16(24)19-8-18(9-19)6-10-4-12(14(20)21)13(15(22)23)5-11(10)7-18/h4-5H,6-9H2,1-3H3,(H,20,21)(H,22,23). The summed E-state index contributed by atoms with van der Waals surface area (Å²) in [4.78, 5) is 36.3. The summed E-state index contributed by atoms with van der Waals surface area (Å²) in [5.74, 6) is -2.49. The quantitative estimate of drug-likeness (QED) is 0.851. The first kappa shape index (κ1) is 17.3. The van der Waals surface area contributed by atoms with Crippen LogP contribution in [0.25, 0.3) is 0 Å². The molecule has 0 unspecified atom stereocenters. The molecule has 0 saturated carbocycles. The maximum Gasteiger partial charge on any atom is 0.410 e. The average Bonchev–Trinajstić information content (AvgIpc) is 2.80. The van der Waals surface area contributed by atoms with Crippen molar-refractivity contribution in [1.82, 2.24) is 4.90 Å². The van der Waals surface area contributed by atoms with Crippen molar-refractivity contribution in [3.05, 3.63) is 34.4 Å². The van der Waals surface area contributed by atoms with Gasteiger partial charge in [0.25, 0.3) is 0 Å². The number of carboxylic acids is 2. The van der Waals surface area contributed by atoms with E-state index in [4.69, 9.17) is 4.74 Å². The molecule has 7 nitrogen and oxygen atoms in total. The van der Waals surface area contributed by atoms with Gasteiger partial charge in [0, 0.05) is 18.5 Å². The van der Waals surface area contributed by atoms with Crippen LogP contribution < -0.4 is 0 Å². The number of hydrogen-bond acceptors (Lipinski definition) is 4. The highest BCUT2D eigenvalue weighted by Crippen LogP contribution is 2.45. The van der Waals surface area contributed by atoms with E-state index in [-0.39, 0.29) is 22.6 Å². The van der Waals surface area contributed by atoms with Crippen LogP contribution >= 0.6 is 0 Å². The van der Waals surface area contributed by atoms with Crippen LogP contribution in [0.3, 0.4) is 0 Å². The van der Waals surface area contributed by atoms with Crippen molar-refractivity contribution in [1.29, 1.82) is 0 Å². The number of carbonyl (C=O) groups is 3. The molecule has 2 aliphatic rings. The van der Waals surface area contributed by atoms with Crippen molar-refractivity contribution < 1.29 is 29.3 Å². The van der Waals surface area contributed by atoms with Crippen LogP contribution in [0.1, 0.15) is 52.6 Å². The summed E-state index contributed by atoms with van der Waals surface area (Å²) in [5, 5.41) is 18.5. The van der Waals surface area contributed by atoms with Gasteiger partial charge in [-0.3, -0.25) is 0 Å². The Bertz CT molecular complexity index is 726. The molecular formula is C18H21NO6. The third kappa shape index (κ3) is 3.18. The predicted molar refractivity (Wildman–Crippen MR) is 88.0 cm³/mol. The Morgan fingerprint density at radius 1 is 1.00 bits per heavy atom. The molecule has 3 rings (SSSR count). The zero-order chi connectivity index (χ0) is 18.6. The molecule has 1 aliphatic heterocycles. The molecule has 0 atom stereocenters. The van der Waals surface area contributed by atoms with E-state index >= 15 is 0 Å². The lowest BCUT2D eigenvalue weighted by Gasteiger charge is -2.48. The monoisotopic (exact) mass is 347 g/mol. The number of carboxylic acid groups (broad SMARTS) is 2. The number of ether oxygens (including phenoxy) is 1. The molecule has 7 heteroatoms. The van der Waals surface area contributed by atoms with Gasteiger partial charge in [-0.1, -0.05) is 0 Å². The molecule has 0 bridgehead atoms. The number of benzene rings is 1. The Kier molecular flexibility index (Phi) is 3.78. The third-order valence-electron chi connectivity index (χ3n) is 4.64. The SMILES string of the molecule is CC(C)(C)OC(=O)N1CC2(Cc3cc(C(=O)O)c(C(=O)O)cc3C2)C1. The maximum absolute atomic E-state index is 12.1. The van der Waals surface area contributed by atoms with E-state index in [0.29, 0.717) is 25.9 Å². The number of likely N-dealkylation sites (tertiary alicyclic amines) is 1. The van der Waals surface area contributed by atoms with Gasteiger partial charge in [0.1, 0.15) is 5.60 Å². The molecular weight excluding hydrogens is 326 g/mol. The molecule has 0 radical (unpaired) electrons. The van der Waals surface area contributed by atoms with Gasteiger partial charge in [0.05, 0.1) is 11.1 Å². The number of aromatic carboxylic acids is 2. The van der Waals surface area contributed by atoms with Gasteiger partial charge in [-0.25, -0.2) is 14.4 Å². The Hall–Kier alpha value is -2.57. The lowest BCUT2D eigenvalue weighted by Crippen LogP contribution is -2.59. The van der Waals surface area contributed by atoms with E-state index in [2.05, 4.69) is 0 Å². The van der Waals surface area contributed by atoms with Gasteiger partial charge in [-0.15, -0.1) is 0 Å². The topological polar surface area (TPSA) is 104 Å². The fourth-order valence-corrected chi connectivity index (χ4v) is 3.69. The smallest absolute Gasteiger partial charge is 0.410 e. The van der Waals surface area contributed by atoms with Gasteiger partial charge in [-0.05, 0) is 56.9 Å². The Labute approximate surface area is 145 Å². The van der Waals surface area contributed by atoms with Gasteiger partial charge < -0.3 is 19.8 Å². The summed E-state index contributed by atoms with van der Waals surface area (Å²) < 4.78 is 5.35. The number of carbonyl (C=O) groups excluding carboxylic acids is 1. The minimum atomic E-state index is -1.25. The Balaban J connectivity index is 1.76. The van der Waals surface area contributed by atoms with Crippen LogP contribution in [-0.4, -0.2) is 51.8 Å². The van der Waals surface area contributed by atoms with E-state index in [1.54, 1.807) is 4.90 Å².